The number of allylic oxidation sites excluding steroid dienone is 1. The second-order valence-corrected chi connectivity index (χ2v) is 5.96. The molecule has 1 fully saturated rings. The molecule has 138 valence electrons. The third-order valence-corrected chi connectivity index (χ3v) is 3.92. The quantitative estimate of drug-likeness (QED) is 0.790. The van der Waals surface area contributed by atoms with E-state index in [1.54, 1.807) is 25.1 Å². The second kappa shape index (κ2) is 9.30. The molecule has 0 heterocycles. The molecule has 25 heavy (non-hydrogen) atoms. The largest absolute Gasteiger partial charge is 0.494 e. The summed E-state index contributed by atoms with van der Waals surface area (Å²) in [5, 5.41) is 2.45. The van der Waals surface area contributed by atoms with Crippen LogP contribution in [0.4, 0.5) is 13.2 Å². The second-order valence-electron chi connectivity index (χ2n) is 5.96. The van der Waals surface area contributed by atoms with Gasteiger partial charge in [-0.2, -0.15) is 0 Å². The molecule has 0 spiro atoms. The van der Waals surface area contributed by atoms with Crippen molar-refractivity contribution < 1.29 is 22.7 Å². The fourth-order valence-electron chi connectivity index (χ4n) is 2.48. The highest BCUT2D eigenvalue weighted by Gasteiger charge is 2.39. The molecule has 1 N–H and O–H groups in total. The van der Waals surface area contributed by atoms with Crippen molar-refractivity contribution in [2.24, 2.45) is 5.92 Å². The number of hydrogen-bond acceptors (Lipinski definition) is 2. The van der Waals surface area contributed by atoms with E-state index in [1.165, 1.54) is 13.2 Å². The molecular weight excluding hydrogens is 331 g/mol. The molecule has 0 saturated heterocycles. The van der Waals surface area contributed by atoms with Crippen LogP contribution in [-0.4, -0.2) is 18.9 Å². The number of carbonyl (C=O) groups is 1. The molecule has 1 aromatic carbocycles. The van der Waals surface area contributed by atoms with E-state index in [0.29, 0.717) is 29.9 Å². The van der Waals surface area contributed by atoms with Gasteiger partial charge >= 0.3 is 0 Å². The van der Waals surface area contributed by atoms with Gasteiger partial charge in [-0.3, -0.25) is 4.79 Å². The predicted octanol–water partition coefficient (Wildman–Crippen LogP) is 4.77. The first kappa shape index (κ1) is 20.8. The molecule has 0 unspecified atom stereocenters. The normalized spacial score (nSPS) is 18.4. The number of methoxy groups -OCH3 is 1. The lowest BCUT2D eigenvalue weighted by molar-refractivity contribution is -0.131. The molecule has 6 heteroatoms. The van der Waals surface area contributed by atoms with Crippen LogP contribution in [0.1, 0.15) is 31.2 Å². The smallest absolute Gasteiger partial charge is 0.248 e. The minimum atomic E-state index is -2.70. The zero-order valence-corrected chi connectivity index (χ0v) is 14.6. The van der Waals surface area contributed by atoms with Crippen LogP contribution in [0.3, 0.4) is 0 Å². The number of amides is 1. The van der Waals surface area contributed by atoms with E-state index >= 15 is 0 Å². The molecule has 1 amide bonds. The fraction of sp³-hybridized carbons (Fsp3) is 0.421. The number of ether oxygens (including phenoxy) is 1. The Morgan fingerprint density at radius 2 is 2.12 bits per heavy atom. The molecule has 0 radical (unpaired) electrons. The molecule has 2 rings (SSSR count). The van der Waals surface area contributed by atoms with Crippen molar-refractivity contribution >= 4 is 5.91 Å². The molecule has 1 saturated carbocycles. The van der Waals surface area contributed by atoms with Crippen molar-refractivity contribution in [3.8, 4) is 5.75 Å². The third kappa shape index (κ3) is 6.64. The summed E-state index contributed by atoms with van der Waals surface area (Å²) in [4.78, 5) is 11.5. The third-order valence-electron chi connectivity index (χ3n) is 3.92. The maximum absolute atomic E-state index is 13.0. The summed E-state index contributed by atoms with van der Waals surface area (Å²) in [7, 11) is 1.46. The highest BCUT2D eigenvalue weighted by Crippen LogP contribution is 2.36. The molecule has 1 aliphatic rings. The van der Waals surface area contributed by atoms with Crippen molar-refractivity contribution in [1.82, 2.24) is 5.32 Å². The fourth-order valence-corrected chi connectivity index (χ4v) is 2.48. The number of rotatable bonds is 4. The summed E-state index contributed by atoms with van der Waals surface area (Å²) >= 11 is 0. The molecule has 0 aliphatic heterocycles. The molecule has 0 aromatic heterocycles. The van der Waals surface area contributed by atoms with Gasteiger partial charge in [-0.1, -0.05) is 25.3 Å². The molecule has 1 aromatic rings. The summed E-state index contributed by atoms with van der Waals surface area (Å²) in [6.45, 7) is 8.64. The number of aryl methyl sites for hydroxylation is 1. The van der Waals surface area contributed by atoms with Crippen LogP contribution in [0.2, 0.25) is 0 Å². The van der Waals surface area contributed by atoms with E-state index in [9.17, 15) is 18.0 Å². The van der Waals surface area contributed by atoms with Gasteiger partial charge in [0.15, 0.2) is 11.6 Å². The number of nitrogens with one attached hydrogen (secondary N) is 1. The van der Waals surface area contributed by atoms with Crippen molar-refractivity contribution in [1.29, 1.82) is 0 Å². The maximum Gasteiger partial charge on any atom is 0.248 e. The van der Waals surface area contributed by atoms with Gasteiger partial charge in [-0.15, -0.1) is 0 Å². The molecule has 1 atom stereocenters. The van der Waals surface area contributed by atoms with E-state index in [-0.39, 0.29) is 24.6 Å². The van der Waals surface area contributed by atoms with Crippen molar-refractivity contribution in [2.75, 3.05) is 7.11 Å². The van der Waals surface area contributed by atoms with E-state index in [1.807, 2.05) is 0 Å². The van der Waals surface area contributed by atoms with Crippen LogP contribution in [0, 0.1) is 18.7 Å². The Hall–Kier alpha value is -2.24. The number of benzene rings is 1. The molecular formula is C19H24F3NO2. The Morgan fingerprint density at radius 1 is 1.44 bits per heavy atom. The number of hydrogen-bond donors (Lipinski definition) is 1. The zero-order chi connectivity index (χ0) is 19.0. The number of carbonyl (C=O) groups excluding carboxylic acids is 1. The lowest BCUT2D eigenvalue weighted by atomic mass is 9.86. The number of alkyl halides is 2. The van der Waals surface area contributed by atoms with Crippen LogP contribution >= 0.6 is 0 Å². The highest BCUT2D eigenvalue weighted by molar-refractivity contribution is 5.80. The minimum Gasteiger partial charge on any atom is -0.494 e. The first-order chi connectivity index (χ1) is 11.7. The predicted molar refractivity (Wildman–Crippen MR) is 92.1 cm³/mol. The van der Waals surface area contributed by atoms with E-state index in [4.69, 9.17) is 4.74 Å². The van der Waals surface area contributed by atoms with Crippen LogP contribution in [0.15, 0.2) is 43.1 Å². The first-order valence-electron chi connectivity index (χ1n) is 7.99. The topological polar surface area (TPSA) is 38.3 Å². The van der Waals surface area contributed by atoms with Crippen LogP contribution in [-0.2, 0) is 4.79 Å². The lowest BCUT2D eigenvalue weighted by Gasteiger charge is -2.27. The lowest BCUT2D eigenvalue weighted by Crippen LogP contribution is -2.36. The van der Waals surface area contributed by atoms with Gasteiger partial charge in [0.05, 0.1) is 7.11 Å². The van der Waals surface area contributed by atoms with E-state index in [2.05, 4.69) is 18.5 Å². The summed E-state index contributed by atoms with van der Waals surface area (Å²) in [6, 6.07) is 5.07. The van der Waals surface area contributed by atoms with Gasteiger partial charge in [0.25, 0.3) is 0 Å². The van der Waals surface area contributed by atoms with Gasteiger partial charge in [0.1, 0.15) is 0 Å². The van der Waals surface area contributed by atoms with Crippen LogP contribution in [0.5, 0.6) is 5.75 Å². The summed E-state index contributed by atoms with van der Waals surface area (Å²) in [5.74, 6) is -3.65. The average Bonchev–Trinajstić information content (AvgIpc) is 2.57. The van der Waals surface area contributed by atoms with Gasteiger partial charge < -0.3 is 10.1 Å². The van der Waals surface area contributed by atoms with Crippen LogP contribution < -0.4 is 10.1 Å². The van der Waals surface area contributed by atoms with Crippen molar-refractivity contribution in [3.63, 3.8) is 0 Å². The Morgan fingerprint density at radius 3 is 2.64 bits per heavy atom. The maximum atomic E-state index is 13.0. The monoisotopic (exact) mass is 355 g/mol. The zero-order valence-electron chi connectivity index (χ0n) is 14.6. The SMILES string of the molecule is C=CC(=C)NC(=O)[C@H]1CCCC(F)(F)C1.COc1cccc(C)c1F. The first-order valence-corrected chi connectivity index (χ1v) is 7.99. The van der Waals surface area contributed by atoms with Gasteiger partial charge in [-0.25, -0.2) is 13.2 Å². The van der Waals surface area contributed by atoms with Gasteiger partial charge in [0, 0.05) is 24.5 Å². The summed E-state index contributed by atoms with van der Waals surface area (Å²) in [5.41, 5.74) is 0.966. The Labute approximate surface area is 146 Å². The Bertz CT molecular complexity index is 629. The minimum absolute atomic E-state index is 0.112. The van der Waals surface area contributed by atoms with Gasteiger partial charge in [0.2, 0.25) is 11.8 Å². The summed E-state index contributed by atoms with van der Waals surface area (Å²) < 4.78 is 43.7. The van der Waals surface area contributed by atoms with Crippen molar-refractivity contribution in [2.45, 2.75) is 38.5 Å². The Balaban J connectivity index is 0.000000271. The van der Waals surface area contributed by atoms with Crippen LogP contribution in [0.25, 0.3) is 0 Å². The number of halogens is 3. The highest BCUT2D eigenvalue weighted by atomic mass is 19.3. The van der Waals surface area contributed by atoms with E-state index in [0.717, 1.165) is 0 Å². The molecule has 3 nitrogen and oxygen atoms in total. The molecule has 0 bridgehead atoms. The summed E-state index contributed by atoms with van der Waals surface area (Å²) in [6.07, 6.45) is 1.83. The van der Waals surface area contributed by atoms with Gasteiger partial charge in [-0.05, 0) is 37.5 Å². The average molecular weight is 355 g/mol. The standard InChI is InChI=1S/C11H15F2NO.C8H9FO/c1-3-8(2)14-10(15)9-5-4-6-11(12,13)7-9;1-6-4-3-5-7(10-2)8(6)9/h3,9H,1-2,4-7H2,(H,14,15);3-5H,1-2H3/t9-;/m0./s1. The Kier molecular flexibility index (Phi) is 7.74. The molecule has 1 aliphatic carbocycles. The van der Waals surface area contributed by atoms with E-state index < -0.39 is 11.8 Å². The van der Waals surface area contributed by atoms with Crippen molar-refractivity contribution in [3.05, 3.63) is 54.5 Å².